The summed E-state index contributed by atoms with van der Waals surface area (Å²) in [6.45, 7) is 0. The van der Waals surface area contributed by atoms with Crippen molar-refractivity contribution in [2.75, 3.05) is 7.11 Å². The largest absolute Gasteiger partial charge is 0.466 e. The topological polar surface area (TPSA) is 61.2 Å². The van der Waals surface area contributed by atoms with Crippen LogP contribution in [0.4, 0.5) is 8.78 Å². The lowest BCUT2D eigenvalue weighted by atomic mass is 10.0. The molecule has 0 spiro atoms. The smallest absolute Gasteiger partial charge is 0.330 e. The SMILES string of the molecule is COC(=O)/C=C/c1cc(-c2cc(-c3cc(F)cc(F)c3)nn2-c2ccccc2)ccc1C=O. The van der Waals surface area contributed by atoms with Gasteiger partial charge in [-0.05, 0) is 48.0 Å². The number of halogens is 2. The first-order valence-electron chi connectivity index (χ1n) is 9.96. The maximum Gasteiger partial charge on any atom is 0.330 e. The van der Waals surface area contributed by atoms with Gasteiger partial charge < -0.3 is 4.74 Å². The zero-order valence-electron chi connectivity index (χ0n) is 17.5. The van der Waals surface area contributed by atoms with Gasteiger partial charge in [-0.25, -0.2) is 18.3 Å². The summed E-state index contributed by atoms with van der Waals surface area (Å²) in [5.74, 6) is -1.96. The minimum atomic E-state index is -0.702. The molecule has 1 aromatic heterocycles. The Morgan fingerprint density at radius 1 is 0.909 bits per heavy atom. The van der Waals surface area contributed by atoms with Gasteiger partial charge in [0.2, 0.25) is 0 Å². The van der Waals surface area contributed by atoms with E-state index in [1.165, 1.54) is 31.4 Å². The van der Waals surface area contributed by atoms with Crippen LogP contribution in [0, 0.1) is 11.6 Å². The Hall–Kier alpha value is -4.39. The summed E-state index contributed by atoms with van der Waals surface area (Å²) in [5, 5.41) is 4.59. The van der Waals surface area contributed by atoms with Crippen molar-refractivity contribution in [3.8, 4) is 28.2 Å². The van der Waals surface area contributed by atoms with Gasteiger partial charge in [-0.15, -0.1) is 0 Å². The summed E-state index contributed by atoms with van der Waals surface area (Å²) >= 11 is 0. The Bertz CT molecular complexity index is 1340. The second-order valence-electron chi connectivity index (χ2n) is 7.14. The molecule has 0 saturated heterocycles. The summed E-state index contributed by atoms with van der Waals surface area (Å²) in [7, 11) is 1.26. The fraction of sp³-hybridized carbons (Fsp3) is 0.0385. The normalized spacial score (nSPS) is 11.0. The van der Waals surface area contributed by atoms with Crippen LogP contribution in [0.15, 0.2) is 78.9 Å². The molecule has 7 heteroatoms. The lowest BCUT2D eigenvalue weighted by molar-refractivity contribution is -0.134. The molecule has 0 saturated carbocycles. The van der Waals surface area contributed by atoms with Crippen LogP contribution in [-0.2, 0) is 9.53 Å². The maximum atomic E-state index is 13.8. The molecule has 4 rings (SSSR count). The number of hydrogen-bond donors (Lipinski definition) is 0. The van der Waals surface area contributed by atoms with Crippen molar-refractivity contribution in [2.24, 2.45) is 0 Å². The van der Waals surface area contributed by atoms with Crippen molar-refractivity contribution in [3.63, 3.8) is 0 Å². The number of para-hydroxylation sites is 1. The van der Waals surface area contributed by atoms with Crippen molar-refractivity contribution in [1.29, 1.82) is 0 Å². The predicted molar refractivity (Wildman–Crippen MR) is 121 cm³/mol. The lowest BCUT2D eigenvalue weighted by Crippen LogP contribution is -2.00. The molecule has 164 valence electrons. The van der Waals surface area contributed by atoms with E-state index in [1.807, 2.05) is 30.3 Å². The predicted octanol–water partition coefficient (Wildman–Crippen LogP) is 5.48. The van der Waals surface area contributed by atoms with Crippen LogP contribution in [0.25, 0.3) is 34.3 Å². The first-order valence-corrected chi connectivity index (χ1v) is 9.96. The van der Waals surface area contributed by atoms with Crippen molar-refractivity contribution >= 4 is 18.3 Å². The van der Waals surface area contributed by atoms with E-state index >= 15 is 0 Å². The van der Waals surface area contributed by atoms with Crippen LogP contribution in [0.3, 0.4) is 0 Å². The molecule has 0 N–H and O–H groups in total. The molecule has 33 heavy (non-hydrogen) atoms. The van der Waals surface area contributed by atoms with Crippen molar-refractivity contribution in [2.45, 2.75) is 0 Å². The van der Waals surface area contributed by atoms with E-state index in [0.29, 0.717) is 39.9 Å². The number of ether oxygens (including phenoxy) is 1. The van der Waals surface area contributed by atoms with E-state index in [1.54, 1.807) is 28.9 Å². The molecular weight excluding hydrogens is 426 g/mol. The number of esters is 1. The number of rotatable bonds is 6. The highest BCUT2D eigenvalue weighted by Crippen LogP contribution is 2.31. The van der Waals surface area contributed by atoms with Gasteiger partial charge in [-0.2, -0.15) is 5.10 Å². The Morgan fingerprint density at radius 2 is 1.64 bits per heavy atom. The third-order valence-corrected chi connectivity index (χ3v) is 4.98. The van der Waals surface area contributed by atoms with E-state index in [4.69, 9.17) is 0 Å². The zero-order valence-corrected chi connectivity index (χ0v) is 17.5. The van der Waals surface area contributed by atoms with E-state index in [0.717, 1.165) is 11.8 Å². The van der Waals surface area contributed by atoms with E-state index in [2.05, 4.69) is 9.84 Å². The minimum absolute atomic E-state index is 0.291. The summed E-state index contributed by atoms with van der Waals surface area (Å²) in [5.41, 5.74) is 3.61. The van der Waals surface area contributed by atoms with Crippen molar-refractivity contribution in [1.82, 2.24) is 9.78 Å². The molecule has 0 radical (unpaired) electrons. The average molecular weight is 444 g/mol. The highest BCUT2D eigenvalue weighted by molar-refractivity contribution is 5.91. The average Bonchev–Trinajstić information content (AvgIpc) is 3.28. The van der Waals surface area contributed by atoms with Crippen LogP contribution in [0.2, 0.25) is 0 Å². The Balaban J connectivity index is 1.89. The number of benzene rings is 3. The summed E-state index contributed by atoms with van der Waals surface area (Å²) in [4.78, 5) is 23.0. The fourth-order valence-corrected chi connectivity index (χ4v) is 3.41. The van der Waals surface area contributed by atoms with E-state index in [9.17, 15) is 18.4 Å². The monoisotopic (exact) mass is 444 g/mol. The molecule has 3 aromatic carbocycles. The van der Waals surface area contributed by atoms with Crippen molar-refractivity contribution < 1.29 is 23.1 Å². The maximum absolute atomic E-state index is 13.8. The third kappa shape index (κ3) is 4.77. The van der Waals surface area contributed by atoms with Crippen LogP contribution < -0.4 is 0 Å². The molecule has 5 nitrogen and oxygen atoms in total. The fourth-order valence-electron chi connectivity index (χ4n) is 3.41. The summed E-state index contributed by atoms with van der Waals surface area (Å²) < 4.78 is 33.9. The van der Waals surface area contributed by atoms with Gasteiger partial charge in [0.15, 0.2) is 6.29 Å². The standard InChI is InChI=1S/C26H18F2N2O3/c1-33-26(32)10-9-17-11-18(7-8-19(17)16-31)25-15-24(20-12-21(27)14-22(28)13-20)29-30(25)23-5-3-2-4-6-23/h2-16H,1H3/b10-9+. The van der Waals surface area contributed by atoms with Gasteiger partial charge in [0.05, 0.1) is 24.2 Å². The molecule has 0 bridgehead atoms. The molecule has 0 unspecified atom stereocenters. The number of nitrogens with zero attached hydrogens (tertiary/aromatic N) is 2. The van der Waals surface area contributed by atoms with Crippen LogP contribution in [0.5, 0.6) is 0 Å². The van der Waals surface area contributed by atoms with Gasteiger partial charge in [0.25, 0.3) is 0 Å². The highest BCUT2D eigenvalue weighted by atomic mass is 19.1. The van der Waals surface area contributed by atoms with Crippen LogP contribution in [-0.4, -0.2) is 29.1 Å². The Morgan fingerprint density at radius 3 is 2.30 bits per heavy atom. The zero-order chi connectivity index (χ0) is 23.4. The van der Waals surface area contributed by atoms with Gasteiger partial charge >= 0.3 is 5.97 Å². The Labute approximate surface area is 188 Å². The molecule has 0 aliphatic rings. The Kier molecular flexibility index (Phi) is 6.22. The van der Waals surface area contributed by atoms with Crippen molar-refractivity contribution in [3.05, 3.63) is 102 Å². The molecule has 0 amide bonds. The number of aromatic nitrogens is 2. The molecular formula is C26H18F2N2O3. The van der Waals surface area contributed by atoms with Gasteiger partial charge in [-0.1, -0.05) is 30.3 Å². The van der Waals surface area contributed by atoms with Gasteiger partial charge in [0.1, 0.15) is 11.6 Å². The third-order valence-electron chi connectivity index (χ3n) is 4.98. The first-order chi connectivity index (χ1) is 16.0. The molecule has 4 aromatic rings. The number of hydrogen-bond acceptors (Lipinski definition) is 4. The minimum Gasteiger partial charge on any atom is -0.466 e. The molecule has 0 aliphatic carbocycles. The van der Waals surface area contributed by atoms with Gasteiger partial charge in [0, 0.05) is 28.8 Å². The number of aldehydes is 1. The highest BCUT2D eigenvalue weighted by Gasteiger charge is 2.15. The molecule has 0 aliphatic heterocycles. The first kappa shape index (κ1) is 21.8. The summed E-state index contributed by atoms with van der Waals surface area (Å²) in [6.07, 6.45) is 3.41. The second-order valence-corrected chi connectivity index (χ2v) is 7.14. The second kappa shape index (κ2) is 9.40. The van der Waals surface area contributed by atoms with Gasteiger partial charge in [-0.3, -0.25) is 4.79 Å². The van der Waals surface area contributed by atoms with E-state index < -0.39 is 17.6 Å². The molecule has 0 atom stereocenters. The van der Waals surface area contributed by atoms with E-state index in [-0.39, 0.29) is 0 Å². The lowest BCUT2D eigenvalue weighted by Gasteiger charge is -2.09. The number of carbonyl (C=O) groups is 2. The number of methoxy groups -OCH3 is 1. The molecule has 1 heterocycles. The van der Waals surface area contributed by atoms with Crippen LogP contribution >= 0.6 is 0 Å². The van der Waals surface area contributed by atoms with Crippen LogP contribution in [0.1, 0.15) is 15.9 Å². The molecule has 0 fully saturated rings. The summed E-state index contributed by atoms with van der Waals surface area (Å²) in [6, 6.07) is 19.3. The number of carbonyl (C=O) groups excluding carboxylic acids is 2. The quantitative estimate of drug-likeness (QED) is 0.224.